The Morgan fingerprint density at radius 3 is 1.37 bits per heavy atom. The number of hydrogen-bond acceptors (Lipinski definition) is 1. The van der Waals surface area contributed by atoms with Crippen LogP contribution in [0.15, 0.2) is 273 Å². The van der Waals surface area contributed by atoms with Gasteiger partial charge in [-0.05, 0) is 145 Å². The van der Waals surface area contributed by atoms with Crippen molar-refractivity contribution in [2.45, 2.75) is 10.8 Å². The van der Waals surface area contributed by atoms with Crippen LogP contribution in [0.1, 0.15) is 44.5 Å². The fraction of sp³-hybridized carbons (Fsp3) is 0.0294. The Kier molecular flexibility index (Phi) is 9.24. The van der Waals surface area contributed by atoms with Crippen molar-refractivity contribution in [3.8, 4) is 5.69 Å². The Morgan fingerprint density at radius 2 is 0.775 bits per heavy atom. The van der Waals surface area contributed by atoms with Crippen LogP contribution in [-0.2, 0) is 10.8 Å². The highest BCUT2D eigenvalue weighted by molar-refractivity contribution is 6.17. The molecule has 0 aliphatic heterocycles. The third-order valence-corrected chi connectivity index (χ3v) is 15.3. The SMILES string of the molecule is Fc1ccc(-n2c3ccc(N(c4ccccc4)c4ccc5c(c4)C(c4ccccc4)(c4ccccc4)C4=C5C(c5ccccc5)(c5ccccc5)c5ccccc54)cc3c3cc4ccccc4cc32)cc1. The van der Waals surface area contributed by atoms with Crippen LogP contribution in [0.4, 0.5) is 21.5 Å². The van der Waals surface area contributed by atoms with Crippen molar-refractivity contribution in [3.05, 3.63) is 323 Å². The number of hydrogen-bond donors (Lipinski definition) is 0. The summed E-state index contributed by atoms with van der Waals surface area (Å²) in [4.78, 5) is 2.42. The summed E-state index contributed by atoms with van der Waals surface area (Å²) in [6.45, 7) is 0. The van der Waals surface area contributed by atoms with Gasteiger partial charge in [0.15, 0.2) is 0 Å². The standard InChI is InChI=1S/C68H45FN2/c69-52-34-36-54(37-35-52)71-63-41-39-55(44-60(63)59-42-46-20-16-17-21-47(46)43-64(59)71)70(53-30-14-5-15-31-53)56-38-40-58-62(45-56)68(50-26-10-3-11-27-50,51-28-12-4-13-29-51)65-57-32-18-19-33-61(57)67(66(58)65,48-22-6-1-7-23-48)49-24-8-2-9-25-49/h1-45H. The van der Waals surface area contributed by atoms with Crippen LogP contribution in [0.25, 0.3) is 49.4 Å². The van der Waals surface area contributed by atoms with E-state index < -0.39 is 10.8 Å². The minimum absolute atomic E-state index is 0.255. The number of benzene rings is 11. The zero-order valence-electron chi connectivity index (χ0n) is 38.8. The van der Waals surface area contributed by atoms with Crippen LogP contribution in [0.2, 0.25) is 0 Å². The van der Waals surface area contributed by atoms with Crippen LogP contribution in [0.5, 0.6) is 0 Å². The van der Waals surface area contributed by atoms with E-state index in [4.69, 9.17) is 0 Å². The molecule has 0 spiro atoms. The fourth-order valence-corrected chi connectivity index (χ4v) is 12.6. The first-order valence-corrected chi connectivity index (χ1v) is 24.4. The molecule has 334 valence electrons. The third-order valence-electron chi connectivity index (χ3n) is 15.3. The molecule has 0 N–H and O–H groups in total. The second kappa shape index (κ2) is 16.0. The molecule has 2 aliphatic carbocycles. The molecule has 71 heavy (non-hydrogen) atoms. The molecule has 14 rings (SSSR count). The summed E-state index contributed by atoms with van der Waals surface area (Å²) in [7, 11) is 0. The van der Waals surface area contributed by atoms with Crippen LogP contribution >= 0.6 is 0 Å². The van der Waals surface area contributed by atoms with E-state index in [0.29, 0.717) is 0 Å². The van der Waals surface area contributed by atoms with E-state index in [1.807, 2.05) is 12.1 Å². The van der Waals surface area contributed by atoms with Gasteiger partial charge in [-0.2, -0.15) is 0 Å². The highest BCUT2D eigenvalue weighted by Gasteiger charge is 2.59. The molecule has 0 radical (unpaired) electrons. The number of allylic oxidation sites excluding steroid dienone is 2. The number of aromatic nitrogens is 1. The van der Waals surface area contributed by atoms with Crippen molar-refractivity contribution >= 4 is 60.8 Å². The van der Waals surface area contributed by atoms with Gasteiger partial charge in [0.1, 0.15) is 5.82 Å². The largest absolute Gasteiger partial charge is 0.310 e. The molecule has 0 fully saturated rings. The number of halogens is 1. The molecular weight excluding hydrogens is 864 g/mol. The number of anilines is 3. The lowest BCUT2D eigenvalue weighted by molar-refractivity contribution is 0.627. The van der Waals surface area contributed by atoms with E-state index >= 15 is 0 Å². The molecule has 0 saturated carbocycles. The lowest BCUT2D eigenvalue weighted by Crippen LogP contribution is -2.30. The summed E-state index contributed by atoms with van der Waals surface area (Å²) in [6.07, 6.45) is 0. The first-order valence-electron chi connectivity index (χ1n) is 24.4. The van der Waals surface area contributed by atoms with Gasteiger partial charge in [-0.15, -0.1) is 0 Å². The molecule has 0 bridgehead atoms. The van der Waals surface area contributed by atoms with Crippen molar-refractivity contribution in [3.63, 3.8) is 0 Å². The molecule has 0 atom stereocenters. The topological polar surface area (TPSA) is 8.17 Å². The third kappa shape index (κ3) is 5.93. The van der Waals surface area contributed by atoms with Crippen LogP contribution in [0.3, 0.4) is 0 Å². The lowest BCUT2D eigenvalue weighted by atomic mass is 9.64. The summed E-state index contributed by atoms with van der Waals surface area (Å²) < 4.78 is 16.7. The van der Waals surface area contributed by atoms with Gasteiger partial charge < -0.3 is 9.47 Å². The van der Waals surface area contributed by atoms with Gasteiger partial charge >= 0.3 is 0 Å². The zero-order valence-corrected chi connectivity index (χ0v) is 38.8. The highest BCUT2D eigenvalue weighted by Crippen LogP contribution is 2.70. The summed E-state index contributed by atoms with van der Waals surface area (Å²) in [5, 5.41) is 4.58. The normalized spacial score (nSPS) is 14.2. The van der Waals surface area contributed by atoms with Crippen molar-refractivity contribution in [1.29, 1.82) is 0 Å². The Morgan fingerprint density at radius 1 is 0.324 bits per heavy atom. The summed E-state index contributed by atoms with van der Waals surface area (Å²) in [6, 6.07) is 98.6. The second-order valence-corrected chi connectivity index (χ2v) is 18.9. The molecule has 11 aromatic carbocycles. The van der Waals surface area contributed by atoms with Crippen molar-refractivity contribution in [2.24, 2.45) is 0 Å². The Bertz CT molecular complexity index is 3950. The van der Waals surface area contributed by atoms with E-state index in [2.05, 4.69) is 258 Å². The van der Waals surface area contributed by atoms with Gasteiger partial charge in [-0.3, -0.25) is 0 Å². The van der Waals surface area contributed by atoms with E-state index in [-0.39, 0.29) is 5.82 Å². The van der Waals surface area contributed by atoms with Gasteiger partial charge in [-0.25, -0.2) is 4.39 Å². The molecule has 12 aromatic rings. The molecule has 2 nitrogen and oxygen atoms in total. The minimum atomic E-state index is -0.708. The molecule has 1 aromatic heterocycles. The predicted octanol–water partition coefficient (Wildman–Crippen LogP) is 17.2. The van der Waals surface area contributed by atoms with E-state index in [1.165, 1.54) is 61.0 Å². The smallest absolute Gasteiger partial charge is 0.123 e. The minimum Gasteiger partial charge on any atom is -0.310 e. The summed E-state index contributed by atoms with van der Waals surface area (Å²) in [5.41, 5.74) is 17.4. The molecule has 0 amide bonds. The average Bonchev–Trinajstić information content (AvgIpc) is 4.06. The van der Waals surface area contributed by atoms with Gasteiger partial charge in [0.05, 0.1) is 21.9 Å². The fourth-order valence-electron chi connectivity index (χ4n) is 12.6. The van der Waals surface area contributed by atoms with Crippen molar-refractivity contribution in [1.82, 2.24) is 4.57 Å². The Balaban J connectivity index is 1.08. The Hall–Kier alpha value is -9.05. The number of fused-ring (bicyclic) bond motifs is 8. The van der Waals surface area contributed by atoms with Gasteiger partial charge in [0, 0.05) is 33.5 Å². The average molecular weight is 909 g/mol. The lowest BCUT2D eigenvalue weighted by Gasteiger charge is -2.38. The maximum atomic E-state index is 14.5. The zero-order chi connectivity index (χ0) is 47.1. The summed E-state index contributed by atoms with van der Waals surface area (Å²) in [5.74, 6) is -0.255. The van der Waals surface area contributed by atoms with Gasteiger partial charge in [0.2, 0.25) is 0 Å². The first kappa shape index (κ1) is 41.0. The van der Waals surface area contributed by atoms with Crippen molar-refractivity contribution in [2.75, 3.05) is 4.90 Å². The number of nitrogens with zero attached hydrogens (tertiary/aromatic N) is 2. The van der Waals surface area contributed by atoms with E-state index in [9.17, 15) is 4.39 Å². The maximum Gasteiger partial charge on any atom is 0.123 e. The number of para-hydroxylation sites is 1. The van der Waals surface area contributed by atoms with E-state index in [0.717, 1.165) is 49.9 Å². The predicted molar refractivity (Wildman–Crippen MR) is 292 cm³/mol. The van der Waals surface area contributed by atoms with Gasteiger partial charge in [-0.1, -0.05) is 194 Å². The molecule has 0 saturated heterocycles. The number of rotatable bonds is 8. The summed E-state index contributed by atoms with van der Waals surface area (Å²) >= 11 is 0. The Labute approximate surface area is 412 Å². The van der Waals surface area contributed by atoms with Gasteiger partial charge in [0.25, 0.3) is 0 Å². The second-order valence-electron chi connectivity index (χ2n) is 18.9. The molecule has 0 unspecified atom stereocenters. The monoisotopic (exact) mass is 908 g/mol. The first-order chi connectivity index (χ1) is 35.1. The maximum absolute atomic E-state index is 14.5. The quantitative estimate of drug-likeness (QED) is 0.147. The van der Waals surface area contributed by atoms with E-state index in [1.54, 1.807) is 12.1 Å². The molecule has 1 heterocycles. The van der Waals surface area contributed by atoms with Crippen LogP contribution in [-0.4, -0.2) is 4.57 Å². The molecule has 2 aliphatic rings. The molecular formula is C68H45FN2. The van der Waals surface area contributed by atoms with Crippen LogP contribution in [0, 0.1) is 5.82 Å². The van der Waals surface area contributed by atoms with Crippen molar-refractivity contribution < 1.29 is 4.39 Å². The molecule has 3 heteroatoms. The highest BCUT2D eigenvalue weighted by atomic mass is 19.1. The van der Waals surface area contributed by atoms with Crippen LogP contribution < -0.4 is 4.90 Å².